The predicted molar refractivity (Wildman–Crippen MR) is 49.1 cm³/mol. The summed E-state index contributed by atoms with van der Waals surface area (Å²) in [7, 11) is 0. The topological polar surface area (TPSA) is 38.9 Å². The maximum Gasteiger partial charge on any atom is 0.0592 e. The van der Waals surface area contributed by atoms with E-state index in [2.05, 4.69) is 4.98 Å². The Hall–Kier alpha value is -0.600. The average Bonchev–Trinajstić information content (AvgIpc) is 2.87. The Morgan fingerprint density at radius 2 is 2.33 bits per heavy atom. The van der Waals surface area contributed by atoms with E-state index in [9.17, 15) is 0 Å². The number of hydrogen-bond acceptors (Lipinski definition) is 2. The van der Waals surface area contributed by atoms with Crippen molar-refractivity contribution in [1.82, 2.24) is 4.98 Å². The van der Waals surface area contributed by atoms with E-state index in [4.69, 9.17) is 17.3 Å². The number of nitrogens with two attached hydrogens (primary N) is 1. The van der Waals surface area contributed by atoms with Gasteiger partial charge in [0.05, 0.1) is 10.7 Å². The molecule has 0 aliphatic heterocycles. The highest BCUT2D eigenvalue weighted by Crippen LogP contribution is 2.41. The van der Waals surface area contributed by atoms with Gasteiger partial charge >= 0.3 is 0 Å². The van der Waals surface area contributed by atoms with E-state index in [1.807, 2.05) is 6.07 Å². The molecule has 3 heteroatoms. The SMILES string of the molecule is NCc1ncc(Cl)cc1C1CC1. The van der Waals surface area contributed by atoms with Crippen LogP contribution in [0.3, 0.4) is 0 Å². The molecule has 1 aliphatic carbocycles. The van der Waals surface area contributed by atoms with Crippen LogP contribution in [0.2, 0.25) is 5.02 Å². The molecule has 2 nitrogen and oxygen atoms in total. The van der Waals surface area contributed by atoms with Crippen molar-refractivity contribution in [2.45, 2.75) is 25.3 Å². The van der Waals surface area contributed by atoms with Crippen LogP contribution >= 0.6 is 11.6 Å². The van der Waals surface area contributed by atoms with Gasteiger partial charge in [-0.05, 0) is 30.4 Å². The summed E-state index contributed by atoms with van der Waals surface area (Å²) < 4.78 is 0. The summed E-state index contributed by atoms with van der Waals surface area (Å²) in [5.41, 5.74) is 7.82. The second kappa shape index (κ2) is 3.04. The first-order valence-electron chi connectivity index (χ1n) is 4.15. The predicted octanol–water partition coefficient (Wildman–Crippen LogP) is 2.07. The van der Waals surface area contributed by atoms with E-state index >= 15 is 0 Å². The van der Waals surface area contributed by atoms with E-state index in [-0.39, 0.29) is 0 Å². The fraction of sp³-hybridized carbons (Fsp3) is 0.444. The molecule has 64 valence electrons. The van der Waals surface area contributed by atoms with Crippen LogP contribution in [0, 0.1) is 0 Å². The van der Waals surface area contributed by atoms with Gasteiger partial charge in [0.1, 0.15) is 0 Å². The molecule has 0 aromatic carbocycles. The minimum absolute atomic E-state index is 0.517. The van der Waals surface area contributed by atoms with E-state index in [1.54, 1.807) is 6.20 Å². The monoisotopic (exact) mass is 182 g/mol. The number of nitrogens with zero attached hydrogens (tertiary/aromatic N) is 1. The Balaban J connectivity index is 2.39. The molecule has 0 atom stereocenters. The number of aromatic nitrogens is 1. The van der Waals surface area contributed by atoms with Gasteiger partial charge in [0.15, 0.2) is 0 Å². The molecule has 1 aromatic rings. The molecule has 1 aliphatic rings. The van der Waals surface area contributed by atoms with Crippen LogP contribution < -0.4 is 5.73 Å². The summed E-state index contributed by atoms with van der Waals surface area (Å²) >= 11 is 5.84. The first-order valence-corrected chi connectivity index (χ1v) is 4.53. The van der Waals surface area contributed by atoms with Gasteiger partial charge in [-0.25, -0.2) is 0 Å². The molecule has 0 amide bonds. The third-order valence-corrected chi connectivity index (χ3v) is 2.39. The summed E-state index contributed by atoms with van der Waals surface area (Å²) in [6.07, 6.45) is 4.18. The van der Waals surface area contributed by atoms with Gasteiger partial charge < -0.3 is 5.73 Å². The van der Waals surface area contributed by atoms with Crippen LogP contribution in [0.25, 0.3) is 0 Å². The molecule has 0 unspecified atom stereocenters. The van der Waals surface area contributed by atoms with Crippen molar-refractivity contribution in [3.8, 4) is 0 Å². The molecule has 0 spiro atoms. The highest BCUT2D eigenvalue weighted by atomic mass is 35.5. The zero-order valence-electron chi connectivity index (χ0n) is 6.76. The van der Waals surface area contributed by atoms with Gasteiger partial charge in [-0.15, -0.1) is 0 Å². The first kappa shape index (κ1) is 8.02. The summed E-state index contributed by atoms with van der Waals surface area (Å²) in [6, 6.07) is 1.99. The van der Waals surface area contributed by atoms with Crippen LogP contribution in [0.4, 0.5) is 0 Å². The van der Waals surface area contributed by atoms with Gasteiger partial charge in [0.25, 0.3) is 0 Å². The summed E-state index contributed by atoms with van der Waals surface area (Å²) in [5, 5.41) is 0.717. The molecule has 0 radical (unpaired) electrons. The Bertz CT molecular complexity index is 295. The van der Waals surface area contributed by atoms with E-state index < -0.39 is 0 Å². The fourth-order valence-electron chi connectivity index (χ4n) is 1.40. The maximum absolute atomic E-state index is 5.84. The van der Waals surface area contributed by atoms with Crippen molar-refractivity contribution in [2.75, 3.05) is 0 Å². The normalized spacial score (nSPS) is 16.5. The lowest BCUT2D eigenvalue weighted by molar-refractivity contribution is 0.930. The van der Waals surface area contributed by atoms with Gasteiger partial charge in [-0.2, -0.15) is 0 Å². The van der Waals surface area contributed by atoms with E-state index in [0.29, 0.717) is 17.5 Å². The van der Waals surface area contributed by atoms with Crippen LogP contribution in [0.5, 0.6) is 0 Å². The largest absolute Gasteiger partial charge is 0.325 e. The molecule has 1 aromatic heterocycles. The van der Waals surface area contributed by atoms with Gasteiger partial charge in [-0.3, -0.25) is 4.98 Å². The quantitative estimate of drug-likeness (QED) is 0.761. The number of halogens is 1. The molecule has 12 heavy (non-hydrogen) atoms. The van der Waals surface area contributed by atoms with Crippen molar-refractivity contribution in [3.05, 3.63) is 28.5 Å². The Morgan fingerprint density at radius 1 is 1.58 bits per heavy atom. The zero-order valence-corrected chi connectivity index (χ0v) is 7.51. The Labute approximate surface area is 76.7 Å². The van der Waals surface area contributed by atoms with Crippen LogP contribution in [0.15, 0.2) is 12.3 Å². The minimum Gasteiger partial charge on any atom is -0.325 e. The van der Waals surface area contributed by atoms with Gasteiger partial charge in [-0.1, -0.05) is 11.6 Å². The standard InChI is InChI=1S/C9H11ClN2/c10-7-3-8(6-1-2-6)9(4-11)12-5-7/h3,5-6H,1-2,4,11H2. The fourth-order valence-corrected chi connectivity index (χ4v) is 1.57. The molecular weight excluding hydrogens is 172 g/mol. The van der Waals surface area contributed by atoms with Crippen LogP contribution in [-0.2, 0) is 6.54 Å². The summed E-state index contributed by atoms with van der Waals surface area (Å²) in [4.78, 5) is 4.20. The molecule has 1 saturated carbocycles. The Kier molecular flexibility index (Phi) is 2.03. The molecular formula is C9H11ClN2. The molecule has 2 rings (SSSR count). The average molecular weight is 183 g/mol. The van der Waals surface area contributed by atoms with Crippen LogP contribution in [0.1, 0.15) is 30.0 Å². The van der Waals surface area contributed by atoms with Gasteiger partial charge in [0, 0.05) is 12.7 Å². The second-order valence-electron chi connectivity index (χ2n) is 3.17. The van der Waals surface area contributed by atoms with E-state index in [1.165, 1.54) is 18.4 Å². The Morgan fingerprint density at radius 3 is 2.92 bits per heavy atom. The van der Waals surface area contributed by atoms with Crippen molar-refractivity contribution in [1.29, 1.82) is 0 Å². The lowest BCUT2D eigenvalue weighted by Gasteiger charge is -2.04. The summed E-state index contributed by atoms with van der Waals surface area (Å²) in [5.74, 6) is 0.676. The minimum atomic E-state index is 0.517. The smallest absolute Gasteiger partial charge is 0.0592 e. The molecule has 2 N–H and O–H groups in total. The van der Waals surface area contributed by atoms with Crippen molar-refractivity contribution in [2.24, 2.45) is 5.73 Å². The molecule has 0 bridgehead atoms. The number of hydrogen-bond donors (Lipinski definition) is 1. The number of pyridine rings is 1. The molecule has 1 fully saturated rings. The van der Waals surface area contributed by atoms with Gasteiger partial charge in [0.2, 0.25) is 0 Å². The first-order chi connectivity index (χ1) is 5.81. The highest BCUT2D eigenvalue weighted by molar-refractivity contribution is 6.30. The van der Waals surface area contributed by atoms with Crippen molar-refractivity contribution in [3.63, 3.8) is 0 Å². The lowest BCUT2D eigenvalue weighted by atomic mass is 10.1. The van der Waals surface area contributed by atoms with Crippen LogP contribution in [-0.4, -0.2) is 4.98 Å². The third kappa shape index (κ3) is 1.45. The number of rotatable bonds is 2. The second-order valence-corrected chi connectivity index (χ2v) is 3.60. The lowest BCUT2D eigenvalue weighted by Crippen LogP contribution is -2.03. The molecule has 1 heterocycles. The van der Waals surface area contributed by atoms with Crippen molar-refractivity contribution < 1.29 is 0 Å². The maximum atomic E-state index is 5.84. The van der Waals surface area contributed by atoms with Crippen molar-refractivity contribution >= 4 is 11.6 Å². The molecule has 0 saturated heterocycles. The van der Waals surface area contributed by atoms with E-state index in [0.717, 1.165) is 5.69 Å². The summed E-state index contributed by atoms with van der Waals surface area (Å²) in [6.45, 7) is 0.517. The highest BCUT2D eigenvalue weighted by Gasteiger charge is 2.26. The zero-order chi connectivity index (χ0) is 8.55. The third-order valence-electron chi connectivity index (χ3n) is 2.18.